The van der Waals surface area contributed by atoms with Gasteiger partial charge in [0.05, 0.1) is 0 Å². The Kier molecular flexibility index (Phi) is 5.54. The third-order valence-electron chi connectivity index (χ3n) is 4.39. The number of ether oxygens (including phenoxy) is 1. The molecule has 2 aromatic carbocycles. The predicted molar refractivity (Wildman–Crippen MR) is 101 cm³/mol. The van der Waals surface area contributed by atoms with Gasteiger partial charge in [0.2, 0.25) is 0 Å². The van der Waals surface area contributed by atoms with Crippen LogP contribution in [0.2, 0.25) is 0 Å². The first-order valence-electron chi connectivity index (χ1n) is 8.67. The van der Waals surface area contributed by atoms with E-state index in [0.717, 1.165) is 11.1 Å². The molecule has 0 bridgehead atoms. The number of para-hydroxylation sites is 1. The van der Waals surface area contributed by atoms with Crippen molar-refractivity contribution in [1.29, 1.82) is 0 Å². The lowest BCUT2D eigenvalue weighted by atomic mass is 10.1. The van der Waals surface area contributed by atoms with Crippen LogP contribution in [0.1, 0.15) is 28.6 Å². The summed E-state index contributed by atoms with van der Waals surface area (Å²) in [4.78, 5) is 16.8. The highest BCUT2D eigenvalue weighted by Gasteiger charge is 2.23. The van der Waals surface area contributed by atoms with Crippen LogP contribution in [-0.2, 0) is 11.8 Å². The predicted octanol–water partition coefficient (Wildman–Crippen LogP) is 3.46. The van der Waals surface area contributed by atoms with Crippen LogP contribution in [0.4, 0.5) is 4.39 Å². The maximum absolute atomic E-state index is 14.4. The minimum atomic E-state index is -0.708. The van der Waals surface area contributed by atoms with Crippen LogP contribution in [0.25, 0.3) is 0 Å². The normalized spacial score (nSPS) is 11.9. The first kappa shape index (κ1) is 18.6. The molecule has 0 aliphatic carbocycles. The molecular weight excluding hydrogens is 345 g/mol. The molecule has 0 radical (unpaired) electrons. The van der Waals surface area contributed by atoms with Crippen LogP contribution in [-0.4, -0.2) is 22.1 Å². The zero-order valence-electron chi connectivity index (χ0n) is 15.6. The van der Waals surface area contributed by atoms with Gasteiger partial charge in [-0.1, -0.05) is 36.4 Å². The number of aryl methyl sites for hydroxylation is 3. The molecule has 6 heteroatoms. The van der Waals surface area contributed by atoms with Crippen LogP contribution in [0.3, 0.4) is 0 Å². The smallest absolute Gasteiger partial charge is 0.258 e. The molecule has 0 fully saturated rings. The summed E-state index contributed by atoms with van der Waals surface area (Å²) in [5, 5.41) is 2.84. The van der Waals surface area contributed by atoms with E-state index < -0.39 is 11.9 Å². The first-order valence-corrected chi connectivity index (χ1v) is 8.67. The van der Waals surface area contributed by atoms with Gasteiger partial charge in [0, 0.05) is 25.0 Å². The summed E-state index contributed by atoms with van der Waals surface area (Å²) in [6.07, 6.45) is 3.37. The number of nitrogens with one attached hydrogen (secondary N) is 1. The van der Waals surface area contributed by atoms with Crippen molar-refractivity contribution in [3.63, 3.8) is 0 Å². The van der Waals surface area contributed by atoms with Crippen LogP contribution >= 0.6 is 0 Å². The van der Waals surface area contributed by atoms with Crippen molar-refractivity contribution in [3.8, 4) is 5.75 Å². The Morgan fingerprint density at radius 3 is 2.52 bits per heavy atom. The molecule has 1 N–H and O–H groups in total. The van der Waals surface area contributed by atoms with Gasteiger partial charge in [0.15, 0.2) is 6.61 Å². The Bertz CT molecular complexity index is 932. The van der Waals surface area contributed by atoms with Crippen molar-refractivity contribution in [3.05, 3.63) is 83.2 Å². The lowest BCUT2D eigenvalue weighted by molar-refractivity contribution is -0.123. The van der Waals surface area contributed by atoms with Crippen LogP contribution < -0.4 is 10.1 Å². The van der Waals surface area contributed by atoms with E-state index >= 15 is 0 Å². The van der Waals surface area contributed by atoms with Gasteiger partial charge in [-0.2, -0.15) is 0 Å². The third-order valence-corrected chi connectivity index (χ3v) is 4.39. The molecular formula is C21H22FN3O2. The summed E-state index contributed by atoms with van der Waals surface area (Å²) in [6, 6.07) is 11.4. The zero-order valence-corrected chi connectivity index (χ0v) is 15.6. The molecule has 5 nitrogen and oxygen atoms in total. The Labute approximate surface area is 157 Å². The fourth-order valence-electron chi connectivity index (χ4n) is 3.01. The molecule has 0 saturated carbocycles. The van der Waals surface area contributed by atoms with Crippen molar-refractivity contribution in [2.24, 2.45) is 7.05 Å². The van der Waals surface area contributed by atoms with Crippen molar-refractivity contribution in [2.45, 2.75) is 19.9 Å². The molecule has 27 heavy (non-hydrogen) atoms. The molecule has 1 aromatic heterocycles. The van der Waals surface area contributed by atoms with Crippen molar-refractivity contribution >= 4 is 5.91 Å². The standard InChI is InChI=1S/C21H22FN3O2/c1-14-7-6-8-15(2)20(14)27-13-18(26)24-19(21-23-11-12-25(21)3)16-9-4-5-10-17(16)22/h4-12,19H,13H2,1-3H3,(H,24,26)/t19-/m1/s1. The Balaban J connectivity index is 1.79. The third kappa shape index (κ3) is 4.16. The number of carbonyl (C=O) groups excluding carboxylic acids is 1. The molecule has 0 saturated heterocycles. The lowest BCUT2D eigenvalue weighted by Gasteiger charge is -2.20. The molecule has 1 heterocycles. The van der Waals surface area contributed by atoms with Crippen LogP contribution in [0.5, 0.6) is 5.75 Å². The second kappa shape index (κ2) is 8.03. The van der Waals surface area contributed by atoms with E-state index in [4.69, 9.17) is 4.74 Å². The van der Waals surface area contributed by atoms with E-state index in [1.54, 1.807) is 42.2 Å². The van der Waals surface area contributed by atoms with Gasteiger partial charge in [0.25, 0.3) is 5.91 Å². The monoisotopic (exact) mass is 367 g/mol. The summed E-state index contributed by atoms with van der Waals surface area (Å²) in [5.74, 6) is 0.475. The molecule has 3 aromatic rings. The van der Waals surface area contributed by atoms with E-state index in [2.05, 4.69) is 10.3 Å². The number of imidazole rings is 1. The van der Waals surface area contributed by atoms with Gasteiger partial charge in [-0.15, -0.1) is 0 Å². The minimum Gasteiger partial charge on any atom is -0.483 e. The summed E-state index contributed by atoms with van der Waals surface area (Å²) >= 11 is 0. The topological polar surface area (TPSA) is 56.1 Å². The van der Waals surface area contributed by atoms with E-state index in [0.29, 0.717) is 17.1 Å². The number of aromatic nitrogens is 2. The number of carbonyl (C=O) groups is 1. The zero-order chi connectivity index (χ0) is 19.4. The summed E-state index contributed by atoms with van der Waals surface area (Å²) < 4.78 is 21.8. The highest BCUT2D eigenvalue weighted by Crippen LogP contribution is 2.24. The van der Waals surface area contributed by atoms with Gasteiger partial charge < -0.3 is 14.6 Å². The van der Waals surface area contributed by atoms with Crippen molar-refractivity contribution in [1.82, 2.24) is 14.9 Å². The van der Waals surface area contributed by atoms with Crippen molar-refractivity contribution < 1.29 is 13.9 Å². The summed E-state index contributed by atoms with van der Waals surface area (Å²) in [7, 11) is 1.80. The average Bonchev–Trinajstić information content (AvgIpc) is 3.06. The van der Waals surface area contributed by atoms with Gasteiger partial charge in [-0.25, -0.2) is 9.37 Å². The number of hydrogen-bond acceptors (Lipinski definition) is 3. The Morgan fingerprint density at radius 1 is 1.19 bits per heavy atom. The second-order valence-electron chi connectivity index (χ2n) is 6.43. The quantitative estimate of drug-likeness (QED) is 0.726. The van der Waals surface area contributed by atoms with Crippen molar-refractivity contribution in [2.75, 3.05) is 6.61 Å². The largest absolute Gasteiger partial charge is 0.483 e. The Morgan fingerprint density at radius 2 is 1.89 bits per heavy atom. The fraction of sp³-hybridized carbons (Fsp3) is 0.238. The lowest BCUT2D eigenvalue weighted by Crippen LogP contribution is -2.35. The van der Waals surface area contributed by atoms with E-state index in [1.165, 1.54) is 6.07 Å². The number of halogens is 1. The number of rotatable bonds is 6. The van der Waals surface area contributed by atoms with Crippen LogP contribution in [0, 0.1) is 19.7 Å². The highest BCUT2D eigenvalue weighted by molar-refractivity contribution is 5.78. The minimum absolute atomic E-state index is 0.166. The fourth-order valence-corrected chi connectivity index (χ4v) is 3.01. The van der Waals surface area contributed by atoms with E-state index in [9.17, 15) is 9.18 Å². The highest BCUT2D eigenvalue weighted by atomic mass is 19.1. The molecule has 1 amide bonds. The molecule has 1 atom stereocenters. The maximum atomic E-state index is 14.4. The molecule has 0 unspecified atom stereocenters. The number of benzene rings is 2. The van der Waals surface area contributed by atoms with Gasteiger partial charge in [-0.3, -0.25) is 4.79 Å². The first-order chi connectivity index (χ1) is 13.0. The van der Waals surface area contributed by atoms with Gasteiger partial charge in [-0.05, 0) is 31.0 Å². The van der Waals surface area contributed by atoms with Gasteiger partial charge in [0.1, 0.15) is 23.4 Å². The molecule has 0 aliphatic heterocycles. The van der Waals surface area contributed by atoms with Gasteiger partial charge >= 0.3 is 0 Å². The number of hydrogen-bond donors (Lipinski definition) is 1. The number of nitrogens with zero attached hydrogens (tertiary/aromatic N) is 2. The van der Waals surface area contributed by atoms with Crippen LogP contribution in [0.15, 0.2) is 54.9 Å². The summed E-state index contributed by atoms with van der Waals surface area (Å²) in [5.41, 5.74) is 2.27. The average molecular weight is 367 g/mol. The summed E-state index contributed by atoms with van der Waals surface area (Å²) in [6.45, 7) is 3.69. The molecule has 0 aliphatic rings. The Hall–Kier alpha value is -3.15. The molecule has 3 rings (SSSR count). The molecule has 140 valence electrons. The van der Waals surface area contributed by atoms with E-state index in [-0.39, 0.29) is 12.5 Å². The molecule has 0 spiro atoms. The van der Waals surface area contributed by atoms with E-state index in [1.807, 2.05) is 32.0 Å². The SMILES string of the molecule is Cc1cccc(C)c1OCC(=O)N[C@H](c1ccccc1F)c1nccn1C. The number of amides is 1. The second-order valence-corrected chi connectivity index (χ2v) is 6.43. The maximum Gasteiger partial charge on any atom is 0.258 e.